The molecule has 0 aliphatic carbocycles. The number of fused-ring (bicyclic) bond motifs is 2. The molecule has 0 aromatic heterocycles. The average molecular weight is 328 g/mol. The van der Waals surface area contributed by atoms with Crippen molar-refractivity contribution in [1.82, 2.24) is 0 Å². The van der Waals surface area contributed by atoms with Crippen LogP contribution in [0.2, 0.25) is 0 Å². The topological polar surface area (TPSA) is 57.5 Å². The zero-order chi connectivity index (χ0) is 16.4. The summed E-state index contributed by atoms with van der Waals surface area (Å²) >= 11 is 0. The first-order valence-electron chi connectivity index (χ1n) is 7.96. The molecule has 4 heteroatoms. The van der Waals surface area contributed by atoms with Crippen molar-refractivity contribution in [3.8, 4) is 0 Å². The molecule has 0 radical (unpaired) electrons. The number of benzene rings is 3. The molecule has 0 saturated heterocycles. The Balaban J connectivity index is 2.34. The summed E-state index contributed by atoms with van der Waals surface area (Å²) in [5.41, 5.74) is 1.96. The van der Waals surface area contributed by atoms with Crippen molar-refractivity contribution in [3.63, 3.8) is 0 Å². The summed E-state index contributed by atoms with van der Waals surface area (Å²) in [5, 5.41) is 4.44. The van der Waals surface area contributed by atoms with Crippen molar-refractivity contribution in [2.24, 2.45) is 0 Å². The van der Waals surface area contributed by atoms with E-state index in [9.17, 15) is 14.4 Å². The van der Waals surface area contributed by atoms with E-state index in [4.69, 9.17) is 0 Å². The zero-order valence-corrected chi connectivity index (χ0v) is 14.1. The highest BCUT2D eigenvalue weighted by atomic mass is 31.2. The Morgan fingerprint density at radius 3 is 2.48 bits per heavy atom. The number of unbranched alkanes of at least 4 members (excludes halogenated alkanes) is 1. The van der Waals surface area contributed by atoms with Crippen LogP contribution in [-0.4, -0.2) is 9.79 Å². The van der Waals surface area contributed by atoms with E-state index in [1.54, 1.807) is 0 Å². The Bertz CT molecular complexity index is 896. The molecule has 0 bridgehead atoms. The maximum absolute atomic E-state index is 11.5. The van der Waals surface area contributed by atoms with E-state index in [0.717, 1.165) is 35.6 Å². The van der Waals surface area contributed by atoms with Gasteiger partial charge in [-0.25, -0.2) is 0 Å². The maximum Gasteiger partial charge on any atom is 0.329 e. The normalized spacial score (nSPS) is 12.1. The Hall–Kier alpha value is -1.67. The molecule has 0 saturated carbocycles. The maximum atomic E-state index is 11.5. The van der Waals surface area contributed by atoms with Crippen molar-refractivity contribution in [2.75, 3.05) is 0 Å². The summed E-state index contributed by atoms with van der Waals surface area (Å²) in [4.78, 5) is 18.8. The van der Waals surface area contributed by atoms with Gasteiger partial charge in [0.15, 0.2) is 0 Å². The Morgan fingerprint density at radius 2 is 1.74 bits per heavy atom. The molecule has 0 amide bonds. The molecule has 2 N–H and O–H groups in total. The molecule has 120 valence electrons. The Kier molecular flexibility index (Phi) is 4.54. The van der Waals surface area contributed by atoms with Crippen molar-refractivity contribution in [2.45, 2.75) is 32.3 Å². The average Bonchev–Trinajstić information content (AvgIpc) is 2.50. The van der Waals surface area contributed by atoms with Crippen molar-refractivity contribution in [3.05, 3.63) is 59.7 Å². The minimum atomic E-state index is -4.10. The second kappa shape index (κ2) is 6.45. The lowest BCUT2D eigenvalue weighted by Gasteiger charge is -2.15. The number of hydrogen-bond acceptors (Lipinski definition) is 1. The van der Waals surface area contributed by atoms with Gasteiger partial charge in [-0.2, -0.15) is 0 Å². The fourth-order valence-electron chi connectivity index (χ4n) is 3.28. The SMILES string of the molecule is CCCCc1c2ccccc2cc2cccc(CP(=O)(O)O)c12. The van der Waals surface area contributed by atoms with Crippen LogP contribution in [0.1, 0.15) is 30.9 Å². The van der Waals surface area contributed by atoms with E-state index >= 15 is 0 Å². The molecule has 0 spiro atoms. The summed E-state index contributed by atoms with van der Waals surface area (Å²) in [6.07, 6.45) is 2.87. The highest BCUT2D eigenvalue weighted by Gasteiger charge is 2.18. The van der Waals surface area contributed by atoms with E-state index < -0.39 is 7.60 Å². The molecule has 0 atom stereocenters. The summed E-state index contributed by atoms with van der Waals surface area (Å²) in [7, 11) is -4.10. The van der Waals surface area contributed by atoms with Crippen LogP contribution < -0.4 is 0 Å². The molecule has 0 unspecified atom stereocenters. The molecule has 0 fully saturated rings. The van der Waals surface area contributed by atoms with Gasteiger partial charge < -0.3 is 9.79 Å². The van der Waals surface area contributed by atoms with Crippen LogP contribution in [-0.2, 0) is 17.1 Å². The van der Waals surface area contributed by atoms with E-state index in [0.29, 0.717) is 0 Å². The Morgan fingerprint density at radius 1 is 1.00 bits per heavy atom. The van der Waals surface area contributed by atoms with Crippen LogP contribution in [0.3, 0.4) is 0 Å². The van der Waals surface area contributed by atoms with Crippen molar-refractivity contribution in [1.29, 1.82) is 0 Å². The van der Waals surface area contributed by atoms with Gasteiger partial charge in [0, 0.05) is 0 Å². The van der Waals surface area contributed by atoms with Crippen molar-refractivity contribution >= 4 is 29.1 Å². The highest BCUT2D eigenvalue weighted by molar-refractivity contribution is 7.50. The monoisotopic (exact) mass is 328 g/mol. The van der Waals surface area contributed by atoms with Crippen LogP contribution in [0, 0.1) is 0 Å². The van der Waals surface area contributed by atoms with Gasteiger partial charge in [0.1, 0.15) is 0 Å². The van der Waals surface area contributed by atoms with Gasteiger partial charge in [-0.1, -0.05) is 55.8 Å². The summed E-state index contributed by atoms with van der Waals surface area (Å²) in [6.45, 7) is 2.16. The summed E-state index contributed by atoms with van der Waals surface area (Å²) < 4.78 is 11.5. The van der Waals surface area contributed by atoms with Crippen LogP contribution in [0.25, 0.3) is 21.5 Å². The molecule has 3 aromatic carbocycles. The summed E-state index contributed by atoms with van der Waals surface area (Å²) in [5.74, 6) is 0. The van der Waals surface area contributed by atoms with Crippen LogP contribution >= 0.6 is 7.60 Å². The van der Waals surface area contributed by atoms with Gasteiger partial charge in [0.05, 0.1) is 6.16 Å². The zero-order valence-electron chi connectivity index (χ0n) is 13.2. The van der Waals surface area contributed by atoms with Gasteiger partial charge in [0.2, 0.25) is 0 Å². The van der Waals surface area contributed by atoms with Crippen molar-refractivity contribution < 1.29 is 14.4 Å². The molecular formula is C19H21O3P. The first-order chi connectivity index (χ1) is 11.0. The molecule has 0 aliphatic heterocycles. The molecule has 0 aliphatic rings. The van der Waals surface area contributed by atoms with Gasteiger partial charge in [-0.15, -0.1) is 0 Å². The van der Waals surface area contributed by atoms with Gasteiger partial charge >= 0.3 is 7.60 Å². The molecule has 3 rings (SSSR count). The molecule has 3 aromatic rings. The highest BCUT2D eigenvalue weighted by Crippen LogP contribution is 2.42. The van der Waals surface area contributed by atoms with Crippen LogP contribution in [0.15, 0.2) is 48.5 Å². The van der Waals surface area contributed by atoms with Gasteiger partial charge in [-0.05, 0) is 51.6 Å². The fraction of sp³-hybridized carbons (Fsp3) is 0.263. The van der Waals surface area contributed by atoms with E-state index in [-0.39, 0.29) is 6.16 Å². The number of rotatable bonds is 5. The van der Waals surface area contributed by atoms with Crippen LogP contribution in [0.4, 0.5) is 0 Å². The first kappa shape index (κ1) is 16.2. The molecular weight excluding hydrogens is 307 g/mol. The quantitative estimate of drug-likeness (QED) is 0.511. The minimum Gasteiger partial charge on any atom is -0.324 e. The second-order valence-corrected chi connectivity index (χ2v) is 7.66. The van der Waals surface area contributed by atoms with E-state index in [2.05, 4.69) is 25.1 Å². The largest absolute Gasteiger partial charge is 0.329 e. The standard InChI is InChI=1S/C19H21O3P/c1-2-3-10-18-17-11-5-4-7-14(17)12-15-8-6-9-16(19(15)18)13-23(20,21)22/h4-9,11-12H,2-3,10,13H2,1H3,(H2,20,21,22). The van der Waals surface area contributed by atoms with E-state index in [1.807, 2.05) is 30.3 Å². The lowest BCUT2D eigenvalue weighted by molar-refractivity contribution is 0.372. The summed E-state index contributed by atoms with van der Waals surface area (Å²) in [6, 6.07) is 16.1. The van der Waals surface area contributed by atoms with Crippen LogP contribution in [0.5, 0.6) is 0 Å². The third kappa shape index (κ3) is 3.48. The number of aryl methyl sites for hydroxylation is 1. The smallest absolute Gasteiger partial charge is 0.324 e. The van der Waals surface area contributed by atoms with E-state index in [1.165, 1.54) is 16.3 Å². The fourth-order valence-corrected chi connectivity index (χ4v) is 3.98. The molecule has 3 nitrogen and oxygen atoms in total. The third-order valence-corrected chi connectivity index (χ3v) is 4.99. The predicted octanol–water partition coefficient (Wildman–Crippen LogP) is 5.01. The Labute approximate surface area is 136 Å². The molecule has 0 heterocycles. The lowest BCUT2D eigenvalue weighted by Crippen LogP contribution is -1.96. The lowest BCUT2D eigenvalue weighted by atomic mass is 9.91. The third-order valence-electron chi connectivity index (χ3n) is 4.24. The first-order valence-corrected chi connectivity index (χ1v) is 9.76. The minimum absolute atomic E-state index is 0.207. The second-order valence-electron chi connectivity index (χ2n) is 6.02. The van der Waals surface area contributed by atoms with Gasteiger partial charge in [0.25, 0.3) is 0 Å². The number of hydrogen-bond donors (Lipinski definition) is 2. The van der Waals surface area contributed by atoms with Gasteiger partial charge in [-0.3, -0.25) is 4.57 Å². The predicted molar refractivity (Wildman–Crippen MR) is 95.8 cm³/mol. The molecule has 23 heavy (non-hydrogen) atoms.